The molecule has 0 saturated carbocycles. The van der Waals surface area contributed by atoms with E-state index < -0.39 is 43.0 Å². The highest BCUT2D eigenvalue weighted by Gasteiger charge is 2.53. The number of alkyl halides is 3. The molecular formula is C14H18F3N3O3. The SMILES string of the molecule is CC(C)c1nn(C)cc1C(=O)N1C[C@@H](C(F)(F)F)[C@H](C(=O)O)C1. The number of aliphatic carboxylic acids is 1. The molecule has 0 bridgehead atoms. The number of carbonyl (C=O) groups is 2. The van der Waals surface area contributed by atoms with E-state index in [0.29, 0.717) is 5.69 Å². The number of hydrogen-bond acceptors (Lipinski definition) is 3. The average molecular weight is 333 g/mol. The lowest BCUT2D eigenvalue weighted by Gasteiger charge is -2.18. The number of nitrogens with zero attached hydrogens (tertiary/aromatic N) is 3. The lowest BCUT2D eigenvalue weighted by atomic mass is 9.96. The summed E-state index contributed by atoms with van der Waals surface area (Å²) in [7, 11) is 1.62. The second kappa shape index (κ2) is 5.86. The lowest BCUT2D eigenvalue weighted by Crippen LogP contribution is -2.34. The first-order chi connectivity index (χ1) is 10.5. The van der Waals surface area contributed by atoms with E-state index in [1.54, 1.807) is 7.05 Å². The summed E-state index contributed by atoms with van der Waals surface area (Å²) in [4.78, 5) is 24.6. The summed E-state index contributed by atoms with van der Waals surface area (Å²) in [5.41, 5.74) is 0.703. The summed E-state index contributed by atoms with van der Waals surface area (Å²) < 4.78 is 40.4. The highest BCUT2D eigenvalue weighted by molar-refractivity contribution is 5.96. The van der Waals surface area contributed by atoms with Crippen molar-refractivity contribution < 1.29 is 27.9 Å². The Labute approximate surface area is 130 Å². The van der Waals surface area contributed by atoms with Crippen LogP contribution in [0.25, 0.3) is 0 Å². The Morgan fingerprint density at radius 3 is 2.39 bits per heavy atom. The van der Waals surface area contributed by atoms with Gasteiger partial charge in [-0.15, -0.1) is 0 Å². The zero-order valence-corrected chi connectivity index (χ0v) is 13.0. The fourth-order valence-electron chi connectivity index (χ4n) is 2.82. The monoisotopic (exact) mass is 333 g/mol. The molecule has 1 fully saturated rings. The third-order valence-electron chi connectivity index (χ3n) is 3.98. The number of aryl methyl sites for hydroxylation is 1. The maximum Gasteiger partial charge on any atom is 0.394 e. The van der Waals surface area contributed by atoms with Crippen molar-refractivity contribution in [3.05, 3.63) is 17.5 Å². The van der Waals surface area contributed by atoms with Crippen LogP contribution in [-0.4, -0.2) is 50.9 Å². The lowest BCUT2D eigenvalue weighted by molar-refractivity contribution is -0.187. The molecule has 1 aliphatic rings. The number of carboxylic acids is 1. The van der Waals surface area contributed by atoms with Crippen LogP contribution in [0.2, 0.25) is 0 Å². The highest BCUT2D eigenvalue weighted by atomic mass is 19.4. The van der Waals surface area contributed by atoms with Gasteiger partial charge in [0.15, 0.2) is 0 Å². The second-order valence-corrected chi connectivity index (χ2v) is 6.06. The van der Waals surface area contributed by atoms with Gasteiger partial charge in [0.1, 0.15) is 0 Å². The second-order valence-electron chi connectivity index (χ2n) is 6.06. The molecule has 1 saturated heterocycles. The zero-order valence-electron chi connectivity index (χ0n) is 13.0. The summed E-state index contributed by atoms with van der Waals surface area (Å²) in [5, 5.41) is 13.2. The van der Waals surface area contributed by atoms with Crippen molar-refractivity contribution in [1.82, 2.24) is 14.7 Å². The van der Waals surface area contributed by atoms with Crippen LogP contribution in [-0.2, 0) is 11.8 Å². The Morgan fingerprint density at radius 1 is 1.35 bits per heavy atom. The van der Waals surface area contributed by atoms with Crippen LogP contribution < -0.4 is 0 Å². The Morgan fingerprint density at radius 2 is 1.96 bits per heavy atom. The summed E-state index contributed by atoms with van der Waals surface area (Å²) in [5.74, 6) is -5.93. The normalized spacial score (nSPS) is 22.0. The van der Waals surface area contributed by atoms with Crippen molar-refractivity contribution >= 4 is 11.9 Å². The molecule has 23 heavy (non-hydrogen) atoms. The van der Waals surface area contributed by atoms with Gasteiger partial charge < -0.3 is 10.0 Å². The fraction of sp³-hybridized carbons (Fsp3) is 0.643. The molecule has 2 rings (SSSR count). The highest BCUT2D eigenvalue weighted by Crippen LogP contribution is 2.38. The van der Waals surface area contributed by atoms with E-state index >= 15 is 0 Å². The van der Waals surface area contributed by atoms with Crippen molar-refractivity contribution in [2.24, 2.45) is 18.9 Å². The van der Waals surface area contributed by atoms with Crippen LogP contribution >= 0.6 is 0 Å². The quantitative estimate of drug-likeness (QED) is 0.916. The van der Waals surface area contributed by atoms with E-state index in [1.165, 1.54) is 10.9 Å². The standard InChI is InChI=1S/C14H18F3N3O3/c1-7(2)11-9(4-19(3)18-11)12(21)20-5-8(13(22)23)10(6-20)14(15,16)17/h4,7-8,10H,5-6H2,1-3H3,(H,22,23)/t8-,10-/m1/s1. The number of halogens is 3. The van der Waals surface area contributed by atoms with Crippen molar-refractivity contribution in [1.29, 1.82) is 0 Å². The number of rotatable bonds is 3. The van der Waals surface area contributed by atoms with Gasteiger partial charge >= 0.3 is 12.1 Å². The van der Waals surface area contributed by atoms with Crippen LogP contribution in [0.5, 0.6) is 0 Å². The fourth-order valence-corrected chi connectivity index (χ4v) is 2.82. The van der Waals surface area contributed by atoms with Gasteiger partial charge in [-0.3, -0.25) is 14.3 Å². The summed E-state index contributed by atoms with van der Waals surface area (Å²) in [6, 6.07) is 0. The van der Waals surface area contributed by atoms with Crippen LogP contribution in [0.3, 0.4) is 0 Å². The van der Waals surface area contributed by atoms with Gasteiger partial charge in [0, 0.05) is 26.3 Å². The van der Waals surface area contributed by atoms with E-state index in [0.717, 1.165) is 4.90 Å². The van der Waals surface area contributed by atoms with Crippen molar-refractivity contribution in [3.63, 3.8) is 0 Å². The van der Waals surface area contributed by atoms with E-state index in [-0.39, 0.29) is 11.5 Å². The molecule has 0 unspecified atom stereocenters. The molecule has 1 aromatic rings. The number of carbonyl (C=O) groups excluding carboxylic acids is 1. The van der Waals surface area contributed by atoms with Gasteiger partial charge in [-0.1, -0.05) is 13.8 Å². The first-order valence-electron chi connectivity index (χ1n) is 7.14. The molecule has 0 aromatic carbocycles. The van der Waals surface area contributed by atoms with Gasteiger partial charge in [0.2, 0.25) is 0 Å². The predicted molar refractivity (Wildman–Crippen MR) is 73.9 cm³/mol. The third kappa shape index (κ3) is 3.32. The predicted octanol–water partition coefficient (Wildman–Crippen LogP) is 1.88. The Balaban J connectivity index is 2.30. The summed E-state index contributed by atoms with van der Waals surface area (Å²) >= 11 is 0. The van der Waals surface area contributed by atoms with Crippen molar-refractivity contribution in [3.8, 4) is 0 Å². The van der Waals surface area contributed by atoms with Crippen molar-refractivity contribution in [2.75, 3.05) is 13.1 Å². The van der Waals surface area contributed by atoms with E-state index in [4.69, 9.17) is 5.11 Å². The van der Waals surface area contributed by atoms with E-state index in [2.05, 4.69) is 5.10 Å². The van der Waals surface area contributed by atoms with Gasteiger partial charge in [-0.2, -0.15) is 18.3 Å². The number of carboxylic acid groups (broad SMARTS) is 1. The Kier molecular flexibility index (Phi) is 4.41. The minimum atomic E-state index is -4.66. The molecule has 2 heterocycles. The number of aromatic nitrogens is 2. The molecule has 2 atom stereocenters. The molecule has 1 amide bonds. The van der Waals surface area contributed by atoms with Crippen LogP contribution in [0.4, 0.5) is 13.2 Å². The van der Waals surface area contributed by atoms with Gasteiger partial charge in [-0.05, 0) is 5.92 Å². The number of amides is 1. The maximum atomic E-state index is 13.0. The first-order valence-corrected chi connectivity index (χ1v) is 7.14. The largest absolute Gasteiger partial charge is 0.481 e. The molecule has 9 heteroatoms. The van der Waals surface area contributed by atoms with Gasteiger partial charge in [0.05, 0.1) is 23.1 Å². The topological polar surface area (TPSA) is 75.4 Å². The Hall–Kier alpha value is -2.06. The maximum absolute atomic E-state index is 13.0. The third-order valence-corrected chi connectivity index (χ3v) is 3.98. The minimum absolute atomic E-state index is 0.0774. The van der Waals surface area contributed by atoms with Gasteiger partial charge in [0.25, 0.3) is 5.91 Å². The van der Waals surface area contributed by atoms with Crippen LogP contribution in [0, 0.1) is 11.8 Å². The van der Waals surface area contributed by atoms with Crippen LogP contribution in [0.15, 0.2) is 6.20 Å². The molecular weight excluding hydrogens is 315 g/mol. The summed E-state index contributed by atoms with van der Waals surface area (Å²) in [6.45, 7) is 2.54. The molecule has 0 radical (unpaired) electrons. The van der Waals surface area contributed by atoms with E-state index in [9.17, 15) is 22.8 Å². The zero-order chi connectivity index (χ0) is 17.5. The molecule has 6 nitrogen and oxygen atoms in total. The molecule has 128 valence electrons. The summed E-state index contributed by atoms with van der Waals surface area (Å²) in [6.07, 6.45) is -3.21. The molecule has 1 aliphatic heterocycles. The smallest absolute Gasteiger partial charge is 0.394 e. The number of hydrogen-bond donors (Lipinski definition) is 1. The molecule has 0 spiro atoms. The van der Waals surface area contributed by atoms with Crippen LogP contribution in [0.1, 0.15) is 35.8 Å². The Bertz CT molecular complexity index is 625. The molecule has 1 N–H and O–H groups in total. The molecule has 1 aromatic heterocycles. The van der Waals surface area contributed by atoms with Gasteiger partial charge in [-0.25, -0.2) is 0 Å². The average Bonchev–Trinajstić information content (AvgIpc) is 3.00. The van der Waals surface area contributed by atoms with Crippen molar-refractivity contribution in [2.45, 2.75) is 25.9 Å². The first kappa shape index (κ1) is 17.3. The number of likely N-dealkylation sites (tertiary alicyclic amines) is 1. The minimum Gasteiger partial charge on any atom is -0.481 e. The van der Waals surface area contributed by atoms with E-state index in [1.807, 2.05) is 13.8 Å². The molecule has 0 aliphatic carbocycles.